The van der Waals surface area contributed by atoms with Crippen molar-refractivity contribution in [3.63, 3.8) is 0 Å². The molecule has 5 heteroatoms. The van der Waals surface area contributed by atoms with E-state index in [1.54, 1.807) is 0 Å². The van der Waals surface area contributed by atoms with Crippen molar-refractivity contribution in [2.75, 3.05) is 6.61 Å². The predicted octanol–water partition coefficient (Wildman–Crippen LogP) is 5.58. The number of halogens is 4. The predicted molar refractivity (Wildman–Crippen MR) is 76.8 cm³/mol. The first-order chi connectivity index (χ1) is 10.4. The van der Waals surface area contributed by atoms with Gasteiger partial charge in [0, 0.05) is 6.61 Å². The molecule has 1 fully saturated rings. The van der Waals surface area contributed by atoms with Gasteiger partial charge in [0.15, 0.2) is 0 Å². The zero-order valence-corrected chi connectivity index (χ0v) is 12.8. The van der Waals surface area contributed by atoms with Crippen LogP contribution in [0.5, 0.6) is 0 Å². The van der Waals surface area contributed by atoms with E-state index in [4.69, 9.17) is 4.74 Å². The molecule has 1 nitrogen and oxygen atoms in total. The Morgan fingerprint density at radius 2 is 1.82 bits per heavy atom. The van der Waals surface area contributed by atoms with Gasteiger partial charge in [-0.25, -0.2) is 4.39 Å². The summed E-state index contributed by atoms with van der Waals surface area (Å²) in [4.78, 5) is 0. The van der Waals surface area contributed by atoms with E-state index in [-0.39, 0.29) is 12.2 Å². The van der Waals surface area contributed by atoms with Crippen LogP contribution in [0.15, 0.2) is 18.2 Å². The summed E-state index contributed by atoms with van der Waals surface area (Å²) in [6.45, 7) is 2.58. The molecule has 1 aromatic carbocycles. The van der Waals surface area contributed by atoms with Gasteiger partial charge in [-0.15, -0.1) is 0 Å². The fraction of sp³-hybridized carbons (Fsp3) is 0.647. The molecule has 0 heterocycles. The molecular formula is C17H22F4O. The highest BCUT2D eigenvalue weighted by atomic mass is 19.4. The normalized spacial score (nSPS) is 22.8. The Balaban J connectivity index is 1.82. The van der Waals surface area contributed by atoms with Crippen molar-refractivity contribution in [2.45, 2.75) is 51.8 Å². The summed E-state index contributed by atoms with van der Waals surface area (Å²) in [5.41, 5.74) is -0.954. The average Bonchev–Trinajstić information content (AvgIpc) is 2.45. The molecule has 1 aromatic rings. The summed E-state index contributed by atoms with van der Waals surface area (Å²) in [6.07, 6.45) is 1.13. The summed E-state index contributed by atoms with van der Waals surface area (Å²) < 4.78 is 56.9. The van der Waals surface area contributed by atoms with Gasteiger partial charge in [-0.1, -0.05) is 38.7 Å². The molecule has 2 rings (SSSR count). The van der Waals surface area contributed by atoms with E-state index < -0.39 is 17.6 Å². The highest BCUT2D eigenvalue weighted by Gasteiger charge is 2.33. The van der Waals surface area contributed by atoms with E-state index in [1.165, 1.54) is 25.7 Å². The molecule has 1 saturated carbocycles. The topological polar surface area (TPSA) is 9.23 Å². The van der Waals surface area contributed by atoms with Gasteiger partial charge in [-0.2, -0.15) is 13.2 Å². The second kappa shape index (κ2) is 7.44. The first-order valence-corrected chi connectivity index (χ1v) is 7.79. The van der Waals surface area contributed by atoms with E-state index >= 15 is 0 Å². The van der Waals surface area contributed by atoms with Crippen LogP contribution >= 0.6 is 0 Å². The van der Waals surface area contributed by atoms with Gasteiger partial charge in [0.2, 0.25) is 0 Å². The van der Waals surface area contributed by atoms with Crippen molar-refractivity contribution in [1.82, 2.24) is 0 Å². The molecule has 0 atom stereocenters. The Hall–Kier alpha value is -1.10. The summed E-state index contributed by atoms with van der Waals surface area (Å²) in [7, 11) is 0. The number of benzene rings is 1. The maximum Gasteiger partial charge on any atom is 0.416 e. The summed E-state index contributed by atoms with van der Waals surface area (Å²) >= 11 is 0. The molecule has 0 spiro atoms. The number of rotatable bonds is 5. The highest BCUT2D eigenvalue weighted by Crippen LogP contribution is 2.33. The maximum atomic E-state index is 13.0. The Morgan fingerprint density at radius 3 is 2.45 bits per heavy atom. The summed E-state index contributed by atoms with van der Waals surface area (Å²) in [6, 6.07) is 2.72. The lowest BCUT2D eigenvalue weighted by atomic mass is 9.82. The Kier molecular flexibility index (Phi) is 5.84. The van der Waals surface area contributed by atoms with E-state index in [0.29, 0.717) is 18.6 Å². The Labute approximate surface area is 128 Å². The maximum absolute atomic E-state index is 13.0. The molecule has 22 heavy (non-hydrogen) atoms. The molecule has 0 radical (unpaired) electrons. The molecule has 0 N–H and O–H groups in total. The van der Waals surface area contributed by atoms with Gasteiger partial charge in [-0.3, -0.25) is 0 Å². The molecule has 0 unspecified atom stereocenters. The van der Waals surface area contributed by atoms with Crippen molar-refractivity contribution in [3.05, 3.63) is 35.1 Å². The Bertz CT molecular complexity index is 476. The SMILES string of the molecule is CC1CCC(CCOCc2ccc(F)cc2C(F)(F)F)CC1. The van der Waals surface area contributed by atoms with Crippen molar-refractivity contribution in [1.29, 1.82) is 0 Å². The fourth-order valence-electron chi connectivity index (χ4n) is 2.99. The van der Waals surface area contributed by atoms with Gasteiger partial charge >= 0.3 is 6.18 Å². The monoisotopic (exact) mass is 318 g/mol. The van der Waals surface area contributed by atoms with Crippen LogP contribution in [0.2, 0.25) is 0 Å². The minimum Gasteiger partial charge on any atom is -0.377 e. The molecule has 0 amide bonds. The lowest BCUT2D eigenvalue weighted by Gasteiger charge is -2.26. The Morgan fingerprint density at radius 1 is 1.14 bits per heavy atom. The third-order valence-corrected chi connectivity index (χ3v) is 4.44. The quantitative estimate of drug-likeness (QED) is 0.509. The van der Waals surface area contributed by atoms with Crippen molar-refractivity contribution in [2.24, 2.45) is 11.8 Å². The lowest BCUT2D eigenvalue weighted by Crippen LogP contribution is -2.15. The molecular weight excluding hydrogens is 296 g/mol. The molecule has 1 aliphatic rings. The third-order valence-electron chi connectivity index (χ3n) is 4.44. The summed E-state index contributed by atoms with van der Waals surface area (Å²) in [5.74, 6) is 0.518. The molecule has 124 valence electrons. The van der Waals surface area contributed by atoms with Crippen LogP contribution in [0, 0.1) is 17.7 Å². The van der Waals surface area contributed by atoms with E-state index in [9.17, 15) is 17.6 Å². The molecule has 0 saturated heterocycles. The number of hydrogen-bond donors (Lipinski definition) is 0. The molecule has 0 aromatic heterocycles. The van der Waals surface area contributed by atoms with E-state index in [1.807, 2.05) is 0 Å². The largest absolute Gasteiger partial charge is 0.416 e. The number of ether oxygens (including phenoxy) is 1. The second-order valence-electron chi connectivity index (χ2n) is 6.27. The van der Waals surface area contributed by atoms with Gasteiger partial charge in [0.05, 0.1) is 12.2 Å². The minimum atomic E-state index is -4.56. The van der Waals surface area contributed by atoms with Crippen molar-refractivity contribution >= 4 is 0 Å². The van der Waals surface area contributed by atoms with Gasteiger partial charge < -0.3 is 4.74 Å². The third kappa shape index (κ3) is 4.97. The van der Waals surface area contributed by atoms with Crippen LogP contribution in [-0.4, -0.2) is 6.61 Å². The standard InChI is InChI=1S/C17H22F4O/c1-12-2-4-13(5-3-12)8-9-22-11-14-6-7-15(18)10-16(14)17(19,20)21/h6-7,10,12-13H,2-5,8-9,11H2,1H3. The van der Waals surface area contributed by atoms with Gasteiger partial charge in [0.25, 0.3) is 0 Å². The highest BCUT2D eigenvalue weighted by molar-refractivity contribution is 5.29. The van der Waals surface area contributed by atoms with Crippen LogP contribution in [0.4, 0.5) is 17.6 Å². The first kappa shape index (κ1) is 17.3. The number of hydrogen-bond acceptors (Lipinski definition) is 1. The average molecular weight is 318 g/mol. The van der Waals surface area contributed by atoms with Crippen molar-refractivity contribution in [3.8, 4) is 0 Å². The molecule has 0 bridgehead atoms. The second-order valence-corrected chi connectivity index (χ2v) is 6.27. The zero-order valence-electron chi connectivity index (χ0n) is 12.8. The van der Waals surface area contributed by atoms with Gasteiger partial charge in [-0.05, 0) is 36.0 Å². The molecule has 0 aliphatic heterocycles. The molecule has 1 aliphatic carbocycles. The summed E-state index contributed by atoms with van der Waals surface area (Å²) in [5, 5.41) is 0. The van der Waals surface area contributed by atoms with Crippen LogP contribution in [0.25, 0.3) is 0 Å². The lowest BCUT2D eigenvalue weighted by molar-refractivity contribution is -0.139. The zero-order chi connectivity index (χ0) is 16.2. The fourth-order valence-corrected chi connectivity index (χ4v) is 2.99. The van der Waals surface area contributed by atoms with Crippen molar-refractivity contribution < 1.29 is 22.3 Å². The van der Waals surface area contributed by atoms with Crippen LogP contribution in [0.1, 0.15) is 50.2 Å². The van der Waals surface area contributed by atoms with Gasteiger partial charge in [0.1, 0.15) is 5.82 Å². The minimum absolute atomic E-state index is 0.00818. The van der Waals surface area contributed by atoms with Crippen LogP contribution in [-0.2, 0) is 17.5 Å². The van der Waals surface area contributed by atoms with Crippen LogP contribution in [0.3, 0.4) is 0 Å². The smallest absolute Gasteiger partial charge is 0.377 e. The number of alkyl halides is 3. The van der Waals surface area contributed by atoms with E-state index in [0.717, 1.165) is 24.5 Å². The van der Waals surface area contributed by atoms with Crippen LogP contribution < -0.4 is 0 Å². The van der Waals surface area contributed by atoms with E-state index in [2.05, 4.69) is 6.92 Å². The first-order valence-electron chi connectivity index (χ1n) is 7.79.